The summed E-state index contributed by atoms with van der Waals surface area (Å²) in [7, 11) is 0. The highest BCUT2D eigenvalue weighted by molar-refractivity contribution is 5.79. The minimum absolute atomic E-state index is 0.0301. The minimum Gasteiger partial charge on any atom is -0.480 e. The van der Waals surface area contributed by atoms with Crippen LogP contribution in [0.4, 0.5) is 0 Å². The zero-order valence-electron chi connectivity index (χ0n) is 12.4. The smallest absolute Gasteiger partial charge is 0.317 e. The molecule has 0 unspecified atom stereocenters. The molecule has 1 amide bonds. The van der Waals surface area contributed by atoms with Gasteiger partial charge in [-0.2, -0.15) is 0 Å². The van der Waals surface area contributed by atoms with E-state index < -0.39 is 5.97 Å². The molecule has 0 bridgehead atoms. The Bertz CT molecular complexity index is 338. The van der Waals surface area contributed by atoms with Crippen molar-refractivity contribution in [1.82, 2.24) is 9.80 Å². The molecule has 0 heterocycles. The van der Waals surface area contributed by atoms with Gasteiger partial charge in [-0.05, 0) is 19.8 Å². The lowest BCUT2D eigenvalue weighted by Crippen LogP contribution is -2.47. The number of carboxylic acids is 1. The zero-order chi connectivity index (χ0) is 15.0. The molecule has 1 fully saturated rings. The first kappa shape index (κ1) is 16.7. The number of hydrogen-bond acceptors (Lipinski definition) is 3. The Morgan fingerprint density at radius 2 is 1.90 bits per heavy atom. The van der Waals surface area contributed by atoms with Crippen molar-refractivity contribution in [2.45, 2.75) is 45.1 Å². The van der Waals surface area contributed by atoms with Crippen LogP contribution in [0.25, 0.3) is 0 Å². The number of hydrogen-bond donors (Lipinski definition) is 1. The van der Waals surface area contributed by atoms with Gasteiger partial charge in [0.1, 0.15) is 0 Å². The second-order valence-corrected chi connectivity index (χ2v) is 5.32. The Labute approximate surface area is 121 Å². The van der Waals surface area contributed by atoms with E-state index in [-0.39, 0.29) is 19.0 Å². The molecule has 1 aliphatic rings. The van der Waals surface area contributed by atoms with Crippen LogP contribution >= 0.6 is 0 Å². The molecule has 5 heteroatoms. The van der Waals surface area contributed by atoms with Crippen LogP contribution in [0.15, 0.2) is 12.7 Å². The van der Waals surface area contributed by atoms with Crippen molar-refractivity contribution in [3.63, 3.8) is 0 Å². The van der Waals surface area contributed by atoms with Gasteiger partial charge in [-0.1, -0.05) is 25.3 Å². The molecule has 0 spiro atoms. The molecule has 0 aromatic rings. The summed E-state index contributed by atoms with van der Waals surface area (Å²) < 4.78 is 0. The quantitative estimate of drug-likeness (QED) is 0.689. The van der Waals surface area contributed by atoms with Crippen LogP contribution in [-0.4, -0.2) is 59.0 Å². The van der Waals surface area contributed by atoms with Crippen molar-refractivity contribution in [2.75, 3.05) is 26.2 Å². The molecule has 1 N–H and O–H groups in total. The van der Waals surface area contributed by atoms with E-state index in [0.29, 0.717) is 19.1 Å². The van der Waals surface area contributed by atoms with E-state index in [2.05, 4.69) is 6.58 Å². The molecule has 0 aromatic carbocycles. The van der Waals surface area contributed by atoms with Gasteiger partial charge in [-0.3, -0.25) is 14.5 Å². The Morgan fingerprint density at radius 3 is 2.40 bits per heavy atom. The van der Waals surface area contributed by atoms with Crippen molar-refractivity contribution in [1.29, 1.82) is 0 Å². The van der Waals surface area contributed by atoms with E-state index >= 15 is 0 Å². The SMILES string of the molecule is C=CCN(CC(=O)O)CC(=O)N(CC)C1CCCCC1. The third-order valence-corrected chi connectivity index (χ3v) is 3.78. The number of rotatable bonds is 8. The lowest BCUT2D eigenvalue weighted by atomic mass is 9.94. The predicted molar refractivity (Wildman–Crippen MR) is 78.5 cm³/mol. The Balaban J connectivity index is 2.59. The van der Waals surface area contributed by atoms with Gasteiger partial charge in [0.25, 0.3) is 0 Å². The standard InChI is InChI=1S/C15H26N2O3/c1-3-10-16(12-15(19)20)11-14(18)17(4-2)13-8-6-5-7-9-13/h3,13H,1,4-12H2,2H3,(H,19,20). The molecule has 0 radical (unpaired) electrons. The highest BCUT2D eigenvalue weighted by atomic mass is 16.4. The Morgan fingerprint density at radius 1 is 1.25 bits per heavy atom. The third kappa shape index (κ3) is 5.33. The van der Waals surface area contributed by atoms with E-state index in [1.54, 1.807) is 11.0 Å². The molecule has 1 aliphatic carbocycles. The summed E-state index contributed by atoms with van der Waals surface area (Å²) in [6.07, 6.45) is 7.39. The van der Waals surface area contributed by atoms with Crippen molar-refractivity contribution in [2.24, 2.45) is 0 Å². The van der Waals surface area contributed by atoms with Crippen LogP contribution in [-0.2, 0) is 9.59 Å². The van der Waals surface area contributed by atoms with Crippen LogP contribution in [0, 0.1) is 0 Å². The summed E-state index contributed by atoms with van der Waals surface area (Å²) in [5.41, 5.74) is 0. The fourth-order valence-electron chi connectivity index (χ4n) is 2.87. The number of carbonyl (C=O) groups is 2. The number of carbonyl (C=O) groups excluding carboxylic acids is 1. The maximum Gasteiger partial charge on any atom is 0.317 e. The molecule has 0 aromatic heterocycles. The summed E-state index contributed by atoms with van der Waals surface area (Å²) >= 11 is 0. The Kier molecular flexibility index (Phi) is 7.30. The summed E-state index contributed by atoms with van der Waals surface area (Å²) in [4.78, 5) is 26.7. The van der Waals surface area contributed by atoms with Crippen LogP contribution in [0.5, 0.6) is 0 Å². The normalized spacial score (nSPS) is 16.1. The molecule has 0 aliphatic heterocycles. The highest BCUT2D eigenvalue weighted by Crippen LogP contribution is 2.22. The van der Waals surface area contributed by atoms with Crippen LogP contribution in [0.3, 0.4) is 0 Å². The van der Waals surface area contributed by atoms with Gasteiger partial charge in [0.15, 0.2) is 0 Å². The monoisotopic (exact) mass is 282 g/mol. The first-order valence-electron chi connectivity index (χ1n) is 7.43. The fourth-order valence-corrected chi connectivity index (χ4v) is 2.87. The summed E-state index contributed by atoms with van der Waals surface area (Å²) in [6, 6.07) is 0.330. The molecular weight excluding hydrogens is 256 g/mol. The molecule has 114 valence electrons. The summed E-state index contributed by atoms with van der Waals surface area (Å²) in [6.45, 7) is 6.74. The zero-order valence-corrected chi connectivity index (χ0v) is 12.4. The second-order valence-electron chi connectivity index (χ2n) is 5.32. The van der Waals surface area contributed by atoms with Gasteiger partial charge in [-0.15, -0.1) is 6.58 Å². The lowest BCUT2D eigenvalue weighted by molar-refractivity contribution is -0.140. The number of carboxylic acid groups (broad SMARTS) is 1. The number of amides is 1. The number of likely N-dealkylation sites (N-methyl/N-ethyl adjacent to an activating group) is 1. The average molecular weight is 282 g/mol. The first-order chi connectivity index (χ1) is 9.58. The van der Waals surface area contributed by atoms with Gasteiger partial charge in [0.05, 0.1) is 13.1 Å². The Hall–Kier alpha value is -1.36. The van der Waals surface area contributed by atoms with Crippen LogP contribution < -0.4 is 0 Å². The van der Waals surface area contributed by atoms with E-state index in [1.165, 1.54) is 19.3 Å². The van der Waals surface area contributed by atoms with Crippen LogP contribution in [0.1, 0.15) is 39.0 Å². The summed E-state index contributed by atoms with van der Waals surface area (Å²) in [5.74, 6) is -0.886. The molecule has 0 saturated heterocycles. The van der Waals surface area contributed by atoms with E-state index in [0.717, 1.165) is 12.8 Å². The van der Waals surface area contributed by atoms with Crippen molar-refractivity contribution in [3.05, 3.63) is 12.7 Å². The number of aliphatic carboxylic acids is 1. The topological polar surface area (TPSA) is 60.9 Å². The summed E-state index contributed by atoms with van der Waals surface area (Å²) in [5, 5.41) is 8.87. The molecular formula is C15H26N2O3. The largest absolute Gasteiger partial charge is 0.480 e. The van der Waals surface area contributed by atoms with Gasteiger partial charge in [0.2, 0.25) is 5.91 Å². The van der Waals surface area contributed by atoms with E-state index in [4.69, 9.17) is 5.11 Å². The van der Waals surface area contributed by atoms with Gasteiger partial charge in [-0.25, -0.2) is 0 Å². The van der Waals surface area contributed by atoms with E-state index in [9.17, 15) is 9.59 Å². The van der Waals surface area contributed by atoms with Crippen molar-refractivity contribution < 1.29 is 14.7 Å². The number of nitrogens with zero attached hydrogens (tertiary/aromatic N) is 2. The molecule has 20 heavy (non-hydrogen) atoms. The highest BCUT2D eigenvalue weighted by Gasteiger charge is 2.25. The van der Waals surface area contributed by atoms with E-state index in [1.807, 2.05) is 11.8 Å². The molecule has 1 saturated carbocycles. The molecule has 5 nitrogen and oxygen atoms in total. The second kappa shape index (κ2) is 8.74. The third-order valence-electron chi connectivity index (χ3n) is 3.78. The maximum atomic E-state index is 12.4. The lowest BCUT2D eigenvalue weighted by Gasteiger charge is -2.34. The van der Waals surface area contributed by atoms with Crippen molar-refractivity contribution in [3.8, 4) is 0 Å². The maximum absolute atomic E-state index is 12.4. The molecule has 0 atom stereocenters. The van der Waals surface area contributed by atoms with Crippen LogP contribution in [0.2, 0.25) is 0 Å². The van der Waals surface area contributed by atoms with Crippen molar-refractivity contribution >= 4 is 11.9 Å². The van der Waals surface area contributed by atoms with Gasteiger partial charge < -0.3 is 10.0 Å². The minimum atomic E-state index is -0.916. The van der Waals surface area contributed by atoms with Gasteiger partial charge in [0, 0.05) is 19.1 Å². The average Bonchev–Trinajstić information content (AvgIpc) is 2.40. The first-order valence-corrected chi connectivity index (χ1v) is 7.43. The fraction of sp³-hybridized carbons (Fsp3) is 0.733. The van der Waals surface area contributed by atoms with Gasteiger partial charge >= 0.3 is 5.97 Å². The molecule has 1 rings (SSSR count). The predicted octanol–water partition coefficient (Wildman–Crippen LogP) is 1.74.